The largest absolute Gasteiger partial charge is 0.493 e. The van der Waals surface area contributed by atoms with Gasteiger partial charge in [-0.25, -0.2) is 4.79 Å². The molecule has 2 amide bonds. The van der Waals surface area contributed by atoms with Crippen LogP contribution in [0.15, 0.2) is 36.4 Å². The Morgan fingerprint density at radius 1 is 1.00 bits per heavy atom. The average Bonchev–Trinajstić information content (AvgIpc) is 2.62. The highest BCUT2D eigenvalue weighted by atomic mass is 16.5. The second-order valence-electron chi connectivity index (χ2n) is 7.59. The van der Waals surface area contributed by atoms with Crippen LogP contribution in [0.25, 0.3) is 0 Å². The summed E-state index contributed by atoms with van der Waals surface area (Å²) < 4.78 is 10.7. The van der Waals surface area contributed by atoms with Crippen LogP contribution in [0.1, 0.15) is 37.5 Å². The first-order valence-electron chi connectivity index (χ1n) is 9.11. The first kappa shape index (κ1) is 20.6. The lowest BCUT2D eigenvalue weighted by atomic mass is 9.87. The van der Waals surface area contributed by atoms with Gasteiger partial charge in [-0.15, -0.1) is 0 Å². The number of urea groups is 1. The van der Waals surface area contributed by atoms with Gasteiger partial charge in [0.15, 0.2) is 11.5 Å². The highest BCUT2D eigenvalue weighted by Crippen LogP contribution is 2.30. The number of hydrogen-bond donors (Lipinski definition) is 2. The van der Waals surface area contributed by atoms with Gasteiger partial charge in [-0.3, -0.25) is 0 Å². The summed E-state index contributed by atoms with van der Waals surface area (Å²) in [5.74, 6) is 1.41. The molecule has 0 atom stereocenters. The zero-order chi connectivity index (χ0) is 20.0. The van der Waals surface area contributed by atoms with Gasteiger partial charge in [-0.05, 0) is 59.7 Å². The van der Waals surface area contributed by atoms with Crippen molar-refractivity contribution < 1.29 is 14.3 Å². The van der Waals surface area contributed by atoms with E-state index in [0.717, 1.165) is 16.8 Å². The Hall–Kier alpha value is -2.69. The van der Waals surface area contributed by atoms with Gasteiger partial charge in [0, 0.05) is 12.2 Å². The monoisotopic (exact) mass is 370 g/mol. The molecule has 0 bridgehead atoms. The fourth-order valence-electron chi connectivity index (χ4n) is 2.83. The van der Waals surface area contributed by atoms with Crippen molar-refractivity contribution in [1.82, 2.24) is 5.32 Å². The molecule has 2 aromatic carbocycles. The normalized spacial score (nSPS) is 11.0. The van der Waals surface area contributed by atoms with Crippen LogP contribution in [0.3, 0.4) is 0 Å². The van der Waals surface area contributed by atoms with Crippen molar-refractivity contribution in [3.05, 3.63) is 53.1 Å². The zero-order valence-corrected chi connectivity index (χ0v) is 17.1. The minimum Gasteiger partial charge on any atom is -0.493 e. The number of methoxy groups -OCH3 is 2. The Kier molecular flexibility index (Phi) is 6.72. The summed E-state index contributed by atoms with van der Waals surface area (Å²) >= 11 is 0. The summed E-state index contributed by atoms with van der Waals surface area (Å²) in [6, 6.07) is 11.6. The fourth-order valence-corrected chi connectivity index (χ4v) is 2.83. The maximum absolute atomic E-state index is 12.1. The van der Waals surface area contributed by atoms with Gasteiger partial charge in [0.1, 0.15) is 0 Å². The molecule has 0 radical (unpaired) electrons. The van der Waals surface area contributed by atoms with Gasteiger partial charge < -0.3 is 20.1 Å². The number of aryl methyl sites for hydroxylation is 1. The van der Waals surface area contributed by atoms with Crippen molar-refractivity contribution in [3.8, 4) is 11.5 Å². The van der Waals surface area contributed by atoms with Crippen LogP contribution in [-0.4, -0.2) is 26.8 Å². The second-order valence-corrected chi connectivity index (χ2v) is 7.59. The summed E-state index contributed by atoms with van der Waals surface area (Å²) in [6.45, 7) is 9.05. The number of ether oxygens (including phenoxy) is 2. The van der Waals surface area contributed by atoms with E-state index in [0.29, 0.717) is 24.5 Å². The van der Waals surface area contributed by atoms with Crippen molar-refractivity contribution in [3.63, 3.8) is 0 Å². The lowest BCUT2D eigenvalue weighted by molar-refractivity contribution is 0.252. The van der Waals surface area contributed by atoms with E-state index in [1.807, 2.05) is 43.3 Å². The Balaban J connectivity index is 1.89. The van der Waals surface area contributed by atoms with E-state index < -0.39 is 0 Å². The highest BCUT2D eigenvalue weighted by Gasteiger charge is 2.13. The van der Waals surface area contributed by atoms with Crippen molar-refractivity contribution in [2.45, 2.75) is 39.5 Å². The van der Waals surface area contributed by atoms with Crippen LogP contribution in [0.2, 0.25) is 0 Å². The molecule has 0 fully saturated rings. The van der Waals surface area contributed by atoms with Crippen LogP contribution in [0, 0.1) is 6.92 Å². The van der Waals surface area contributed by atoms with Gasteiger partial charge in [0.2, 0.25) is 0 Å². The first-order chi connectivity index (χ1) is 12.7. The van der Waals surface area contributed by atoms with Crippen LogP contribution >= 0.6 is 0 Å². The van der Waals surface area contributed by atoms with Gasteiger partial charge >= 0.3 is 6.03 Å². The minimum atomic E-state index is -0.211. The van der Waals surface area contributed by atoms with E-state index >= 15 is 0 Å². The molecule has 0 aliphatic heterocycles. The van der Waals surface area contributed by atoms with Gasteiger partial charge in [-0.2, -0.15) is 0 Å². The number of carbonyl (C=O) groups excluding carboxylic acids is 1. The van der Waals surface area contributed by atoms with Crippen LogP contribution in [-0.2, 0) is 11.8 Å². The SMILES string of the molecule is COc1cc(C)c(CCNC(=O)Nc2ccc(C(C)(C)C)cc2)cc1OC. The lowest BCUT2D eigenvalue weighted by Gasteiger charge is -2.19. The zero-order valence-electron chi connectivity index (χ0n) is 17.1. The molecule has 2 N–H and O–H groups in total. The minimum absolute atomic E-state index is 0.0953. The summed E-state index contributed by atoms with van der Waals surface area (Å²) in [5.41, 5.74) is 4.33. The molecule has 0 spiro atoms. The van der Waals surface area contributed by atoms with Crippen molar-refractivity contribution in [2.75, 3.05) is 26.1 Å². The van der Waals surface area contributed by atoms with E-state index in [1.165, 1.54) is 5.56 Å². The van der Waals surface area contributed by atoms with Crippen LogP contribution in [0.4, 0.5) is 10.5 Å². The van der Waals surface area contributed by atoms with Crippen molar-refractivity contribution in [1.29, 1.82) is 0 Å². The number of hydrogen-bond acceptors (Lipinski definition) is 3. The predicted octanol–water partition coefficient (Wildman–Crippen LogP) is 4.67. The van der Waals surface area contributed by atoms with E-state index in [1.54, 1.807) is 14.2 Å². The molecule has 2 rings (SSSR count). The molecule has 0 aromatic heterocycles. The first-order valence-corrected chi connectivity index (χ1v) is 9.11. The molecule has 27 heavy (non-hydrogen) atoms. The quantitative estimate of drug-likeness (QED) is 0.776. The smallest absolute Gasteiger partial charge is 0.319 e. The molecular formula is C22H30N2O3. The number of carbonyl (C=O) groups is 1. The van der Waals surface area contributed by atoms with Crippen molar-refractivity contribution >= 4 is 11.7 Å². The third-order valence-corrected chi connectivity index (χ3v) is 4.53. The number of benzene rings is 2. The van der Waals surface area contributed by atoms with Gasteiger partial charge in [0.05, 0.1) is 14.2 Å². The topological polar surface area (TPSA) is 59.6 Å². The van der Waals surface area contributed by atoms with E-state index in [4.69, 9.17) is 9.47 Å². The molecule has 0 aliphatic rings. The maximum atomic E-state index is 12.1. The Labute approximate surface area is 162 Å². The van der Waals surface area contributed by atoms with E-state index in [9.17, 15) is 4.79 Å². The van der Waals surface area contributed by atoms with Crippen molar-refractivity contribution in [2.24, 2.45) is 0 Å². The summed E-state index contributed by atoms with van der Waals surface area (Å²) in [7, 11) is 3.24. The predicted molar refractivity (Wildman–Crippen MR) is 110 cm³/mol. The standard InChI is InChI=1S/C22H30N2O3/c1-15-13-19(26-5)20(27-6)14-16(15)11-12-23-21(25)24-18-9-7-17(8-10-18)22(2,3)4/h7-10,13-14H,11-12H2,1-6H3,(H2,23,24,25). The molecule has 0 unspecified atom stereocenters. The summed E-state index contributed by atoms with van der Waals surface area (Å²) in [6.07, 6.45) is 0.711. The van der Waals surface area contributed by atoms with E-state index in [-0.39, 0.29) is 11.4 Å². The molecule has 5 nitrogen and oxygen atoms in total. The molecule has 146 valence electrons. The third-order valence-electron chi connectivity index (χ3n) is 4.53. The summed E-state index contributed by atoms with van der Waals surface area (Å²) in [4.78, 5) is 12.1. The number of amides is 2. The molecule has 0 aliphatic carbocycles. The Morgan fingerprint density at radius 2 is 1.59 bits per heavy atom. The van der Waals surface area contributed by atoms with E-state index in [2.05, 4.69) is 31.4 Å². The second kappa shape index (κ2) is 8.80. The molecule has 0 saturated carbocycles. The van der Waals surface area contributed by atoms with Crippen LogP contribution < -0.4 is 20.1 Å². The number of anilines is 1. The number of nitrogens with one attached hydrogen (secondary N) is 2. The molecular weight excluding hydrogens is 340 g/mol. The van der Waals surface area contributed by atoms with Gasteiger partial charge in [0.25, 0.3) is 0 Å². The molecule has 0 heterocycles. The maximum Gasteiger partial charge on any atom is 0.319 e. The van der Waals surface area contributed by atoms with Crippen LogP contribution in [0.5, 0.6) is 11.5 Å². The third kappa shape index (κ3) is 5.64. The Morgan fingerprint density at radius 3 is 2.15 bits per heavy atom. The molecule has 5 heteroatoms. The fraction of sp³-hybridized carbons (Fsp3) is 0.409. The molecule has 0 saturated heterocycles. The summed E-state index contributed by atoms with van der Waals surface area (Å²) in [5, 5.41) is 5.76. The highest BCUT2D eigenvalue weighted by molar-refractivity contribution is 5.89. The molecule has 2 aromatic rings. The van der Waals surface area contributed by atoms with Gasteiger partial charge in [-0.1, -0.05) is 32.9 Å². The average molecular weight is 370 g/mol. The lowest BCUT2D eigenvalue weighted by Crippen LogP contribution is -2.30. The Bertz CT molecular complexity index is 777. The number of rotatable bonds is 6.